The number of amides is 4. The number of hydrogen-bond acceptors (Lipinski definition) is 6. The normalized spacial score (nSPS) is 18.3. The van der Waals surface area contributed by atoms with Crippen LogP contribution in [-0.4, -0.2) is 41.9 Å². The smallest absolute Gasteiger partial charge is 0.341 e. The highest BCUT2D eigenvalue weighted by Gasteiger charge is 2.49. The molecule has 3 rings (SSSR count). The van der Waals surface area contributed by atoms with E-state index in [2.05, 4.69) is 24.5 Å². The Morgan fingerprint density at radius 1 is 1.19 bits per heavy atom. The molecule has 9 heteroatoms. The Hall–Kier alpha value is -3.20. The molecule has 1 unspecified atom stereocenters. The molecule has 1 aromatic heterocycles. The molecule has 4 amide bonds. The van der Waals surface area contributed by atoms with Gasteiger partial charge in [0.25, 0.3) is 5.91 Å². The van der Waals surface area contributed by atoms with Gasteiger partial charge in [-0.2, -0.15) is 0 Å². The van der Waals surface area contributed by atoms with Gasteiger partial charge in [-0.3, -0.25) is 14.5 Å². The van der Waals surface area contributed by atoms with Crippen molar-refractivity contribution in [2.24, 2.45) is 0 Å². The van der Waals surface area contributed by atoms with E-state index in [-0.39, 0.29) is 12.2 Å². The fraction of sp³-hybridized carbons (Fsp3) is 0.364. The van der Waals surface area contributed by atoms with Gasteiger partial charge in [-0.15, -0.1) is 11.3 Å². The van der Waals surface area contributed by atoms with Crippen molar-refractivity contribution in [3.63, 3.8) is 0 Å². The minimum Gasteiger partial charge on any atom is -0.462 e. The number of ether oxygens (including phenoxy) is 1. The van der Waals surface area contributed by atoms with Crippen LogP contribution in [0.1, 0.15) is 55.1 Å². The first-order valence-electron chi connectivity index (χ1n) is 9.96. The number of nitrogens with one attached hydrogen (secondary N) is 2. The maximum absolute atomic E-state index is 13.0. The molecular formula is C22H25N3O5S. The number of hydrogen-bond donors (Lipinski definition) is 2. The van der Waals surface area contributed by atoms with Crippen LogP contribution in [0, 0.1) is 0 Å². The van der Waals surface area contributed by atoms with Crippen molar-refractivity contribution in [2.45, 2.75) is 39.2 Å². The summed E-state index contributed by atoms with van der Waals surface area (Å²) >= 11 is 1.16. The molecule has 1 atom stereocenters. The number of benzene rings is 1. The Bertz CT molecular complexity index is 1010. The van der Waals surface area contributed by atoms with Gasteiger partial charge >= 0.3 is 12.0 Å². The largest absolute Gasteiger partial charge is 0.462 e. The third-order valence-electron chi connectivity index (χ3n) is 5.14. The van der Waals surface area contributed by atoms with Gasteiger partial charge in [-0.05, 0) is 42.3 Å². The third-order valence-corrected chi connectivity index (χ3v) is 5.97. The van der Waals surface area contributed by atoms with Crippen LogP contribution in [0.4, 0.5) is 9.80 Å². The number of carbonyl (C=O) groups is 4. The highest BCUT2D eigenvalue weighted by molar-refractivity contribution is 7.14. The van der Waals surface area contributed by atoms with Gasteiger partial charge in [0.05, 0.1) is 12.2 Å². The van der Waals surface area contributed by atoms with Crippen LogP contribution in [0.3, 0.4) is 0 Å². The van der Waals surface area contributed by atoms with E-state index in [1.54, 1.807) is 25.3 Å². The van der Waals surface area contributed by atoms with Crippen molar-refractivity contribution < 1.29 is 23.9 Å². The molecule has 2 heterocycles. The Balaban J connectivity index is 1.72. The molecule has 8 nitrogen and oxygen atoms in total. The number of anilines is 1. The van der Waals surface area contributed by atoms with E-state index < -0.39 is 35.9 Å². The van der Waals surface area contributed by atoms with Crippen LogP contribution in [0.25, 0.3) is 0 Å². The number of rotatable bonds is 7. The first kappa shape index (κ1) is 22.5. The third kappa shape index (κ3) is 4.46. The monoisotopic (exact) mass is 443 g/mol. The zero-order valence-electron chi connectivity index (χ0n) is 17.9. The first-order valence-corrected chi connectivity index (χ1v) is 10.8. The summed E-state index contributed by atoms with van der Waals surface area (Å²) in [5, 5.41) is 7.24. The summed E-state index contributed by atoms with van der Waals surface area (Å²) in [6.07, 6.45) is 0. The molecular weight excluding hydrogens is 418 g/mol. The van der Waals surface area contributed by atoms with Gasteiger partial charge in [0.2, 0.25) is 5.91 Å². The second kappa shape index (κ2) is 8.89. The van der Waals surface area contributed by atoms with Crippen molar-refractivity contribution in [1.29, 1.82) is 0 Å². The predicted molar refractivity (Wildman–Crippen MR) is 117 cm³/mol. The Morgan fingerprint density at radius 3 is 2.48 bits per heavy atom. The Morgan fingerprint density at radius 2 is 1.87 bits per heavy atom. The number of esters is 1. The molecule has 31 heavy (non-hydrogen) atoms. The van der Waals surface area contributed by atoms with Gasteiger partial charge in [0.1, 0.15) is 17.1 Å². The SMILES string of the molecule is CCOC(=O)c1ccsc1NC(=O)CN1C(=O)NC(C)(c2ccc(C(C)C)cc2)C1=O. The van der Waals surface area contributed by atoms with E-state index in [9.17, 15) is 19.2 Å². The minimum atomic E-state index is -1.26. The van der Waals surface area contributed by atoms with Gasteiger partial charge < -0.3 is 15.4 Å². The number of nitrogens with zero attached hydrogens (tertiary/aromatic N) is 1. The average molecular weight is 444 g/mol. The summed E-state index contributed by atoms with van der Waals surface area (Å²) in [6.45, 7) is 7.19. The molecule has 0 spiro atoms. The minimum absolute atomic E-state index is 0.210. The molecule has 1 aromatic carbocycles. The average Bonchev–Trinajstić information content (AvgIpc) is 3.27. The molecule has 0 saturated carbocycles. The zero-order valence-corrected chi connectivity index (χ0v) is 18.7. The number of thiophene rings is 1. The maximum atomic E-state index is 13.0. The van der Waals surface area contributed by atoms with Crippen molar-refractivity contribution in [2.75, 3.05) is 18.5 Å². The topological polar surface area (TPSA) is 105 Å². The number of carbonyl (C=O) groups excluding carboxylic acids is 4. The summed E-state index contributed by atoms with van der Waals surface area (Å²) in [7, 11) is 0. The first-order chi connectivity index (χ1) is 14.7. The van der Waals surface area contributed by atoms with E-state index in [4.69, 9.17) is 4.74 Å². The second-order valence-corrected chi connectivity index (χ2v) is 8.57. The molecule has 1 fully saturated rings. The summed E-state index contributed by atoms with van der Waals surface area (Å²) in [6, 6.07) is 8.38. The van der Waals surface area contributed by atoms with Gasteiger partial charge in [0.15, 0.2) is 0 Å². The van der Waals surface area contributed by atoms with Crippen LogP contribution >= 0.6 is 11.3 Å². The van der Waals surface area contributed by atoms with Crippen molar-refractivity contribution in [1.82, 2.24) is 10.2 Å². The van der Waals surface area contributed by atoms with Crippen molar-refractivity contribution >= 4 is 40.2 Å². The fourth-order valence-corrected chi connectivity index (χ4v) is 4.11. The molecule has 0 bridgehead atoms. The molecule has 164 valence electrons. The van der Waals surface area contributed by atoms with Crippen LogP contribution in [0.5, 0.6) is 0 Å². The second-order valence-electron chi connectivity index (χ2n) is 7.66. The van der Waals surface area contributed by atoms with Crippen molar-refractivity contribution in [3.05, 3.63) is 52.4 Å². The molecule has 2 aromatic rings. The lowest BCUT2D eigenvalue weighted by Gasteiger charge is -2.22. The standard InChI is InChI=1S/C22H25N3O5S/c1-5-30-19(27)16-10-11-31-18(16)23-17(26)12-25-20(28)22(4,24-21(25)29)15-8-6-14(7-9-15)13(2)3/h6-11,13H,5,12H2,1-4H3,(H,23,26)(H,24,29). The maximum Gasteiger partial charge on any atom is 0.341 e. The molecule has 2 N–H and O–H groups in total. The quantitative estimate of drug-likeness (QED) is 0.504. The molecule has 1 saturated heterocycles. The lowest BCUT2D eigenvalue weighted by atomic mass is 9.90. The van der Waals surface area contributed by atoms with Crippen LogP contribution in [0.2, 0.25) is 0 Å². The van der Waals surface area contributed by atoms with Crippen LogP contribution < -0.4 is 10.6 Å². The molecule has 1 aliphatic rings. The highest BCUT2D eigenvalue weighted by atomic mass is 32.1. The lowest BCUT2D eigenvalue weighted by molar-refractivity contribution is -0.133. The van der Waals surface area contributed by atoms with Gasteiger partial charge in [-0.25, -0.2) is 9.59 Å². The fourth-order valence-electron chi connectivity index (χ4n) is 3.32. The highest BCUT2D eigenvalue weighted by Crippen LogP contribution is 2.30. The summed E-state index contributed by atoms with van der Waals surface area (Å²) in [5.74, 6) is -1.31. The van der Waals surface area contributed by atoms with Crippen LogP contribution in [0.15, 0.2) is 35.7 Å². The number of imide groups is 1. The summed E-state index contributed by atoms with van der Waals surface area (Å²) in [4.78, 5) is 50.9. The van der Waals surface area contributed by atoms with E-state index in [1.165, 1.54) is 0 Å². The Kier molecular flexibility index (Phi) is 6.45. The zero-order chi connectivity index (χ0) is 22.8. The Labute approximate surface area is 184 Å². The van der Waals surface area contributed by atoms with Crippen LogP contribution in [-0.2, 0) is 19.9 Å². The van der Waals surface area contributed by atoms with Gasteiger partial charge in [-0.1, -0.05) is 38.1 Å². The van der Waals surface area contributed by atoms with Crippen molar-refractivity contribution in [3.8, 4) is 0 Å². The summed E-state index contributed by atoms with van der Waals surface area (Å²) in [5.41, 5.74) is 0.730. The molecule has 0 aliphatic carbocycles. The van der Waals surface area contributed by atoms with E-state index >= 15 is 0 Å². The molecule has 0 radical (unpaired) electrons. The van der Waals surface area contributed by atoms with Gasteiger partial charge in [0, 0.05) is 0 Å². The number of urea groups is 1. The summed E-state index contributed by atoms with van der Waals surface area (Å²) < 4.78 is 4.96. The predicted octanol–water partition coefficient (Wildman–Crippen LogP) is 3.45. The van der Waals surface area contributed by atoms with E-state index in [0.29, 0.717) is 16.5 Å². The van der Waals surface area contributed by atoms with E-state index in [1.807, 2.05) is 24.3 Å². The molecule has 1 aliphatic heterocycles. The lowest BCUT2D eigenvalue weighted by Crippen LogP contribution is -2.42. The van der Waals surface area contributed by atoms with E-state index in [0.717, 1.165) is 21.8 Å².